The van der Waals surface area contributed by atoms with Crippen LogP contribution in [0.2, 0.25) is 0 Å². The summed E-state index contributed by atoms with van der Waals surface area (Å²) in [6, 6.07) is 0.233. The molecule has 114 valence electrons. The maximum Gasteiger partial charge on any atom is 0.0835 e. The Morgan fingerprint density at radius 3 is 2.58 bits per heavy atom. The lowest BCUT2D eigenvalue weighted by Gasteiger charge is -2.44. The summed E-state index contributed by atoms with van der Waals surface area (Å²) in [5, 5.41) is 0. The van der Waals surface area contributed by atoms with Crippen LogP contribution in [0.1, 0.15) is 85.0 Å². The van der Waals surface area contributed by atoms with Gasteiger partial charge in [0.1, 0.15) is 0 Å². The minimum atomic E-state index is -0.0167. The van der Waals surface area contributed by atoms with Gasteiger partial charge in [0, 0.05) is 12.6 Å². The van der Waals surface area contributed by atoms with Crippen molar-refractivity contribution < 1.29 is 4.74 Å². The van der Waals surface area contributed by atoms with Crippen LogP contribution < -0.4 is 5.73 Å². The van der Waals surface area contributed by atoms with Gasteiger partial charge in [0.2, 0.25) is 0 Å². The fourth-order valence-corrected chi connectivity index (χ4v) is 3.64. The van der Waals surface area contributed by atoms with Crippen LogP contribution in [-0.2, 0) is 4.74 Å². The van der Waals surface area contributed by atoms with Crippen LogP contribution >= 0.6 is 0 Å². The lowest BCUT2D eigenvalue weighted by molar-refractivity contribution is -0.0943. The third-order valence-electron chi connectivity index (χ3n) is 4.72. The lowest BCUT2D eigenvalue weighted by atomic mass is 9.73. The minimum absolute atomic E-state index is 0.0167. The van der Waals surface area contributed by atoms with Crippen LogP contribution in [0, 0.1) is 5.92 Å². The zero-order valence-electron chi connectivity index (χ0n) is 13.4. The van der Waals surface area contributed by atoms with E-state index in [1.165, 1.54) is 51.4 Å². The SMILES string of the molecule is CCCCCCCC(N)C1(OCC)CCCC(C)C1. The van der Waals surface area contributed by atoms with E-state index in [2.05, 4.69) is 20.8 Å². The molecule has 2 heteroatoms. The van der Waals surface area contributed by atoms with Crippen molar-refractivity contribution in [1.82, 2.24) is 0 Å². The summed E-state index contributed by atoms with van der Waals surface area (Å²) in [5.41, 5.74) is 6.50. The molecule has 2 nitrogen and oxygen atoms in total. The van der Waals surface area contributed by atoms with Crippen molar-refractivity contribution in [1.29, 1.82) is 0 Å². The summed E-state index contributed by atoms with van der Waals surface area (Å²) >= 11 is 0. The van der Waals surface area contributed by atoms with Gasteiger partial charge in [-0.05, 0) is 32.1 Å². The van der Waals surface area contributed by atoms with E-state index in [0.29, 0.717) is 0 Å². The molecule has 1 saturated carbocycles. The van der Waals surface area contributed by atoms with E-state index in [1.807, 2.05) is 0 Å². The average molecular weight is 269 g/mol. The molecule has 0 heterocycles. The first-order valence-electron chi connectivity index (χ1n) is 8.54. The Morgan fingerprint density at radius 1 is 1.21 bits per heavy atom. The minimum Gasteiger partial charge on any atom is -0.374 e. The van der Waals surface area contributed by atoms with Crippen LogP contribution in [0.25, 0.3) is 0 Å². The van der Waals surface area contributed by atoms with Crippen LogP contribution in [0.3, 0.4) is 0 Å². The van der Waals surface area contributed by atoms with E-state index in [-0.39, 0.29) is 11.6 Å². The van der Waals surface area contributed by atoms with E-state index >= 15 is 0 Å². The number of hydrogen-bond acceptors (Lipinski definition) is 2. The quantitative estimate of drug-likeness (QED) is 0.618. The molecule has 0 aromatic carbocycles. The van der Waals surface area contributed by atoms with Crippen LogP contribution in [0.5, 0.6) is 0 Å². The normalized spacial score (nSPS) is 29.4. The maximum atomic E-state index is 6.52. The molecule has 0 aromatic heterocycles. The molecule has 1 aliphatic rings. The summed E-state index contributed by atoms with van der Waals surface area (Å²) in [6.07, 6.45) is 12.7. The van der Waals surface area contributed by atoms with Crippen LogP contribution in [0.4, 0.5) is 0 Å². The smallest absolute Gasteiger partial charge is 0.0835 e. The van der Waals surface area contributed by atoms with Gasteiger partial charge in [-0.2, -0.15) is 0 Å². The first-order chi connectivity index (χ1) is 9.14. The van der Waals surface area contributed by atoms with Crippen molar-refractivity contribution in [2.24, 2.45) is 11.7 Å². The largest absolute Gasteiger partial charge is 0.374 e. The number of rotatable bonds is 9. The van der Waals surface area contributed by atoms with Gasteiger partial charge in [0.05, 0.1) is 5.60 Å². The van der Waals surface area contributed by atoms with E-state index in [0.717, 1.165) is 25.4 Å². The van der Waals surface area contributed by atoms with E-state index < -0.39 is 0 Å². The molecule has 1 aliphatic carbocycles. The Balaban J connectivity index is 2.41. The Morgan fingerprint density at radius 2 is 1.95 bits per heavy atom. The van der Waals surface area contributed by atoms with E-state index in [4.69, 9.17) is 10.5 Å². The molecule has 1 fully saturated rings. The van der Waals surface area contributed by atoms with Gasteiger partial charge in [-0.1, -0.05) is 58.8 Å². The van der Waals surface area contributed by atoms with Gasteiger partial charge >= 0.3 is 0 Å². The van der Waals surface area contributed by atoms with Gasteiger partial charge in [-0.25, -0.2) is 0 Å². The van der Waals surface area contributed by atoms with Crippen molar-refractivity contribution >= 4 is 0 Å². The van der Waals surface area contributed by atoms with E-state index in [1.54, 1.807) is 0 Å². The molecule has 0 aliphatic heterocycles. The van der Waals surface area contributed by atoms with Gasteiger partial charge in [-0.15, -0.1) is 0 Å². The predicted molar refractivity (Wildman–Crippen MR) is 83.3 cm³/mol. The molecule has 0 radical (unpaired) electrons. The monoisotopic (exact) mass is 269 g/mol. The second-order valence-electron chi connectivity index (χ2n) is 6.51. The summed E-state index contributed by atoms with van der Waals surface area (Å²) in [6.45, 7) is 7.52. The Labute approximate surface area is 120 Å². The van der Waals surface area contributed by atoms with Crippen molar-refractivity contribution in [3.8, 4) is 0 Å². The van der Waals surface area contributed by atoms with Gasteiger partial charge < -0.3 is 10.5 Å². The Bertz CT molecular complexity index is 227. The highest BCUT2D eigenvalue weighted by atomic mass is 16.5. The summed E-state index contributed by atoms with van der Waals surface area (Å²) in [4.78, 5) is 0. The van der Waals surface area contributed by atoms with Gasteiger partial charge in [0.15, 0.2) is 0 Å². The topological polar surface area (TPSA) is 35.2 Å². The summed E-state index contributed by atoms with van der Waals surface area (Å²) in [7, 11) is 0. The van der Waals surface area contributed by atoms with Crippen molar-refractivity contribution in [3.05, 3.63) is 0 Å². The second kappa shape index (κ2) is 8.97. The zero-order chi connectivity index (χ0) is 14.1. The predicted octanol–water partition coefficient (Wildman–Crippen LogP) is 4.66. The van der Waals surface area contributed by atoms with Crippen molar-refractivity contribution in [2.45, 2.75) is 96.6 Å². The molecular formula is C17H35NO. The second-order valence-corrected chi connectivity index (χ2v) is 6.51. The summed E-state index contributed by atoms with van der Waals surface area (Å²) < 4.78 is 6.16. The first kappa shape index (κ1) is 17.0. The lowest BCUT2D eigenvalue weighted by Crippen LogP contribution is -2.52. The maximum absolute atomic E-state index is 6.52. The third-order valence-corrected chi connectivity index (χ3v) is 4.72. The molecular weight excluding hydrogens is 234 g/mol. The summed E-state index contributed by atoms with van der Waals surface area (Å²) in [5.74, 6) is 0.770. The Hall–Kier alpha value is -0.0800. The molecule has 0 saturated heterocycles. The van der Waals surface area contributed by atoms with Gasteiger partial charge in [-0.3, -0.25) is 0 Å². The van der Waals surface area contributed by atoms with Gasteiger partial charge in [0.25, 0.3) is 0 Å². The molecule has 0 bridgehead atoms. The molecule has 3 unspecified atom stereocenters. The third kappa shape index (κ3) is 5.43. The zero-order valence-corrected chi connectivity index (χ0v) is 13.4. The number of unbranched alkanes of at least 4 members (excludes halogenated alkanes) is 4. The molecule has 19 heavy (non-hydrogen) atoms. The van der Waals surface area contributed by atoms with Crippen molar-refractivity contribution in [2.75, 3.05) is 6.61 Å². The highest BCUT2D eigenvalue weighted by molar-refractivity contribution is 4.95. The Kier molecular flexibility index (Phi) is 8.01. The standard InChI is InChI=1S/C17H35NO/c1-4-6-7-8-9-12-16(18)17(19-5-2)13-10-11-15(3)14-17/h15-16H,4-14,18H2,1-3H3. The van der Waals surface area contributed by atoms with Crippen LogP contribution in [0.15, 0.2) is 0 Å². The average Bonchev–Trinajstić information content (AvgIpc) is 2.38. The number of nitrogens with two attached hydrogens (primary N) is 1. The van der Waals surface area contributed by atoms with Crippen molar-refractivity contribution in [3.63, 3.8) is 0 Å². The molecule has 0 amide bonds. The highest BCUT2D eigenvalue weighted by Crippen LogP contribution is 2.38. The number of ether oxygens (including phenoxy) is 1. The fourth-order valence-electron chi connectivity index (χ4n) is 3.64. The van der Waals surface area contributed by atoms with Crippen LogP contribution in [-0.4, -0.2) is 18.2 Å². The molecule has 1 rings (SSSR count). The molecule has 0 aromatic rings. The molecule has 3 atom stereocenters. The van der Waals surface area contributed by atoms with E-state index in [9.17, 15) is 0 Å². The first-order valence-corrected chi connectivity index (χ1v) is 8.54. The molecule has 2 N–H and O–H groups in total. The molecule has 0 spiro atoms. The fraction of sp³-hybridized carbons (Fsp3) is 1.00. The highest BCUT2D eigenvalue weighted by Gasteiger charge is 2.40. The number of hydrogen-bond donors (Lipinski definition) is 1.